The van der Waals surface area contributed by atoms with Crippen LogP contribution in [0.5, 0.6) is 0 Å². The number of likely N-dealkylation sites (N-methyl/N-ethyl adjacent to an activating group) is 1. The molecule has 0 saturated heterocycles. The first-order chi connectivity index (χ1) is 15.6. The first kappa shape index (κ1) is 27.1. The molecular formula is C25H38ClN3O2S. The predicted octanol–water partition coefficient (Wildman–Crippen LogP) is 4.84. The molecule has 2 aromatic rings. The van der Waals surface area contributed by atoms with E-state index in [0.717, 1.165) is 24.7 Å². The molecule has 0 bridgehead atoms. The fourth-order valence-corrected chi connectivity index (χ4v) is 4.68. The summed E-state index contributed by atoms with van der Waals surface area (Å²) in [4.78, 5) is 3.58. The lowest BCUT2D eigenvalue weighted by Crippen LogP contribution is -2.31. The second-order valence-corrected chi connectivity index (χ2v) is 9.02. The fourth-order valence-electron chi connectivity index (χ4n) is 3.78. The molecule has 32 heavy (non-hydrogen) atoms. The molecule has 0 fully saturated rings. The van der Waals surface area contributed by atoms with Gasteiger partial charge in [0.15, 0.2) is 0 Å². The Morgan fingerprint density at radius 3 is 2.47 bits per heavy atom. The maximum Gasteiger partial charge on any atom is 0.0701 e. The molecule has 5 nitrogen and oxygen atoms in total. The van der Waals surface area contributed by atoms with Gasteiger partial charge in [-0.05, 0) is 72.4 Å². The zero-order chi connectivity index (χ0) is 23.3. The van der Waals surface area contributed by atoms with Gasteiger partial charge in [0.05, 0.1) is 26.4 Å². The van der Waals surface area contributed by atoms with Gasteiger partial charge in [-0.2, -0.15) is 0 Å². The number of hydrogen-bond acceptors (Lipinski definition) is 6. The normalized spacial score (nSPS) is 15.8. The largest absolute Gasteiger partial charge is 0.378 e. The summed E-state index contributed by atoms with van der Waals surface area (Å²) >= 11 is 8.00. The molecule has 0 radical (unpaired) electrons. The molecule has 2 aromatic carbocycles. The number of aryl methyl sites for hydroxylation is 1. The van der Waals surface area contributed by atoms with Crippen molar-refractivity contribution in [2.75, 3.05) is 53.1 Å². The van der Waals surface area contributed by atoms with E-state index in [9.17, 15) is 0 Å². The van der Waals surface area contributed by atoms with Gasteiger partial charge in [-0.25, -0.2) is 0 Å². The van der Waals surface area contributed by atoms with Crippen molar-refractivity contribution in [1.82, 2.24) is 9.62 Å². The number of hydrogen-bond donors (Lipinski definition) is 2. The molecule has 1 heterocycles. The first-order valence-corrected chi connectivity index (χ1v) is 12.6. The molecule has 1 aliphatic rings. The van der Waals surface area contributed by atoms with Gasteiger partial charge in [-0.3, -0.25) is 4.72 Å². The number of ether oxygens (including phenoxy) is 2. The summed E-state index contributed by atoms with van der Waals surface area (Å²) in [6, 6.07) is 13.0. The summed E-state index contributed by atoms with van der Waals surface area (Å²) in [5.41, 5.74) is 10.7. The van der Waals surface area contributed by atoms with E-state index in [1.54, 1.807) is 11.9 Å². The third-order valence-corrected chi connectivity index (χ3v) is 6.30. The summed E-state index contributed by atoms with van der Waals surface area (Å²) in [6.45, 7) is 11.9. The monoisotopic (exact) mass is 479 g/mol. The van der Waals surface area contributed by atoms with Crippen molar-refractivity contribution in [3.8, 4) is 0 Å². The summed E-state index contributed by atoms with van der Waals surface area (Å²) in [7, 11) is 2.19. The molecule has 3 N–H and O–H groups in total. The standard InChI is InChI=1S/C23H32ClN3O2S.C2H6/c1-17-13-19(24)14-21-22(17)15-27(2)16-23(21)18-3-5-20(6-4-18)30-26-8-10-29-12-11-28-9-7-25;1-2/h3-6,13-14,23,26H,7-12,15-16,25H2,1-2H3;1-2H3. The Labute approximate surface area is 203 Å². The molecule has 1 unspecified atom stereocenters. The van der Waals surface area contributed by atoms with Crippen molar-refractivity contribution in [3.05, 3.63) is 63.7 Å². The molecule has 0 saturated carbocycles. The fraction of sp³-hybridized carbons (Fsp3) is 0.520. The van der Waals surface area contributed by atoms with Gasteiger partial charge in [-0.1, -0.05) is 37.6 Å². The Bertz CT molecular complexity index is 805. The molecule has 0 amide bonds. The van der Waals surface area contributed by atoms with Crippen LogP contribution in [0, 0.1) is 6.92 Å². The van der Waals surface area contributed by atoms with Crippen LogP contribution in [0.15, 0.2) is 41.3 Å². The summed E-state index contributed by atoms with van der Waals surface area (Å²) in [5, 5.41) is 0.824. The third kappa shape index (κ3) is 8.34. The quantitative estimate of drug-likeness (QED) is 0.355. The van der Waals surface area contributed by atoms with Crippen LogP contribution in [0.1, 0.15) is 42.0 Å². The summed E-state index contributed by atoms with van der Waals surface area (Å²) < 4.78 is 14.1. The van der Waals surface area contributed by atoms with Crippen molar-refractivity contribution in [2.45, 2.75) is 38.1 Å². The minimum Gasteiger partial charge on any atom is -0.378 e. The number of nitrogens with one attached hydrogen (secondary N) is 1. The highest BCUT2D eigenvalue weighted by atomic mass is 35.5. The average Bonchev–Trinajstić information content (AvgIpc) is 2.80. The van der Waals surface area contributed by atoms with Crippen molar-refractivity contribution in [1.29, 1.82) is 0 Å². The van der Waals surface area contributed by atoms with E-state index < -0.39 is 0 Å². The number of halogens is 1. The number of benzene rings is 2. The van der Waals surface area contributed by atoms with Crippen LogP contribution in [-0.2, 0) is 16.0 Å². The van der Waals surface area contributed by atoms with Crippen molar-refractivity contribution in [3.63, 3.8) is 0 Å². The van der Waals surface area contributed by atoms with E-state index in [2.05, 4.69) is 60.0 Å². The molecule has 0 spiro atoms. The molecule has 7 heteroatoms. The van der Waals surface area contributed by atoms with Gasteiger partial charge in [-0.15, -0.1) is 0 Å². The maximum absolute atomic E-state index is 6.37. The Kier molecular flexibility index (Phi) is 12.6. The third-order valence-electron chi connectivity index (χ3n) is 5.23. The minimum atomic E-state index is 0.345. The van der Waals surface area contributed by atoms with Crippen LogP contribution >= 0.6 is 23.5 Å². The second-order valence-electron chi connectivity index (χ2n) is 7.62. The Balaban J connectivity index is 0.00000176. The summed E-state index contributed by atoms with van der Waals surface area (Å²) in [6.07, 6.45) is 0. The smallest absolute Gasteiger partial charge is 0.0701 e. The number of nitrogens with two attached hydrogens (primary N) is 1. The zero-order valence-electron chi connectivity index (χ0n) is 19.8. The van der Waals surface area contributed by atoms with E-state index in [4.69, 9.17) is 26.8 Å². The first-order valence-electron chi connectivity index (χ1n) is 11.4. The molecule has 1 aliphatic heterocycles. The van der Waals surface area contributed by atoms with Crippen LogP contribution in [0.4, 0.5) is 0 Å². The van der Waals surface area contributed by atoms with Crippen molar-refractivity contribution in [2.24, 2.45) is 5.73 Å². The highest BCUT2D eigenvalue weighted by Crippen LogP contribution is 2.36. The Morgan fingerprint density at radius 1 is 1.09 bits per heavy atom. The van der Waals surface area contributed by atoms with Crippen molar-refractivity contribution < 1.29 is 9.47 Å². The molecular weight excluding hydrogens is 442 g/mol. The van der Waals surface area contributed by atoms with E-state index in [1.807, 2.05) is 13.8 Å². The van der Waals surface area contributed by atoms with Gasteiger partial charge in [0.2, 0.25) is 0 Å². The molecule has 0 aromatic heterocycles. The van der Waals surface area contributed by atoms with Crippen LogP contribution in [0.2, 0.25) is 5.02 Å². The molecule has 3 rings (SSSR count). The van der Waals surface area contributed by atoms with Gasteiger partial charge in [0.1, 0.15) is 0 Å². The van der Waals surface area contributed by atoms with E-state index in [-0.39, 0.29) is 0 Å². The number of nitrogens with zero attached hydrogens (tertiary/aromatic N) is 1. The lowest BCUT2D eigenvalue weighted by molar-refractivity contribution is 0.0532. The lowest BCUT2D eigenvalue weighted by Gasteiger charge is -2.34. The highest BCUT2D eigenvalue weighted by molar-refractivity contribution is 7.97. The number of fused-ring (bicyclic) bond motifs is 1. The maximum atomic E-state index is 6.37. The SMILES string of the molecule is CC.Cc1cc(Cl)cc2c1CN(C)CC2c1ccc(SNCCOCCOCCN)cc1. The van der Waals surface area contributed by atoms with E-state index >= 15 is 0 Å². The van der Waals surface area contributed by atoms with Crippen LogP contribution in [0.25, 0.3) is 0 Å². The Morgan fingerprint density at radius 2 is 1.78 bits per heavy atom. The molecule has 1 atom stereocenters. The van der Waals surface area contributed by atoms with E-state index in [0.29, 0.717) is 38.9 Å². The van der Waals surface area contributed by atoms with Crippen LogP contribution < -0.4 is 10.5 Å². The van der Waals surface area contributed by atoms with Crippen molar-refractivity contribution >= 4 is 23.5 Å². The van der Waals surface area contributed by atoms with Crippen LogP contribution in [0.3, 0.4) is 0 Å². The number of rotatable bonds is 11. The highest BCUT2D eigenvalue weighted by Gasteiger charge is 2.26. The second kappa shape index (κ2) is 14.9. The topological polar surface area (TPSA) is 59.8 Å². The molecule has 0 aliphatic carbocycles. The predicted molar refractivity (Wildman–Crippen MR) is 137 cm³/mol. The zero-order valence-corrected chi connectivity index (χ0v) is 21.4. The Hall–Kier alpha value is -1.12. The molecule has 178 valence electrons. The van der Waals surface area contributed by atoms with Gasteiger partial charge < -0.3 is 20.1 Å². The van der Waals surface area contributed by atoms with Gasteiger partial charge >= 0.3 is 0 Å². The van der Waals surface area contributed by atoms with Gasteiger partial charge in [0, 0.05) is 42.0 Å². The minimum absolute atomic E-state index is 0.345. The summed E-state index contributed by atoms with van der Waals surface area (Å²) in [5.74, 6) is 0.345. The lowest BCUT2D eigenvalue weighted by atomic mass is 9.83. The van der Waals surface area contributed by atoms with Crippen LogP contribution in [-0.4, -0.2) is 58.0 Å². The van der Waals surface area contributed by atoms with E-state index in [1.165, 1.54) is 27.1 Å². The van der Waals surface area contributed by atoms with Gasteiger partial charge in [0.25, 0.3) is 0 Å². The average molecular weight is 480 g/mol.